The van der Waals surface area contributed by atoms with E-state index in [-0.39, 0.29) is 24.4 Å². The van der Waals surface area contributed by atoms with Crippen LogP contribution in [0.3, 0.4) is 0 Å². The van der Waals surface area contributed by atoms with Gasteiger partial charge in [-0.2, -0.15) is 0 Å². The predicted octanol–water partition coefficient (Wildman–Crippen LogP) is 5.10. The van der Waals surface area contributed by atoms with Crippen molar-refractivity contribution in [1.82, 2.24) is 15.6 Å². The number of rotatable bonds is 7. The number of ether oxygens (including phenoxy) is 1. The topological polar surface area (TPSA) is 63.2 Å². The van der Waals surface area contributed by atoms with E-state index in [1.165, 1.54) is 13.2 Å². The number of hydrogen-bond donors (Lipinski definition) is 2. The number of alkyl halides is 2. The van der Waals surface area contributed by atoms with Gasteiger partial charge < -0.3 is 15.4 Å². The fourth-order valence-corrected chi connectivity index (χ4v) is 5.29. The van der Waals surface area contributed by atoms with Crippen molar-refractivity contribution in [2.24, 2.45) is 0 Å². The van der Waals surface area contributed by atoms with Gasteiger partial charge in [0.05, 0.1) is 23.7 Å². The van der Waals surface area contributed by atoms with Crippen molar-refractivity contribution in [3.05, 3.63) is 76.2 Å². The van der Waals surface area contributed by atoms with Crippen LogP contribution in [0.2, 0.25) is 5.02 Å². The molecule has 1 aliphatic heterocycles. The Morgan fingerprint density at radius 2 is 2.18 bits per heavy atom. The second kappa shape index (κ2) is 10.1. The Bertz CT molecular complexity index is 1130. The first-order valence-corrected chi connectivity index (χ1v) is 12.2. The summed E-state index contributed by atoms with van der Waals surface area (Å²) in [7, 11) is 1.46. The van der Waals surface area contributed by atoms with Gasteiger partial charge >= 0.3 is 0 Å². The van der Waals surface area contributed by atoms with Crippen molar-refractivity contribution in [1.29, 1.82) is 0 Å². The summed E-state index contributed by atoms with van der Waals surface area (Å²) in [5, 5.41) is 6.04. The van der Waals surface area contributed by atoms with Crippen molar-refractivity contribution in [2.45, 2.75) is 35.1 Å². The first kappa shape index (κ1) is 24.2. The molecule has 4 rings (SSSR count). The summed E-state index contributed by atoms with van der Waals surface area (Å²) in [6.45, 7) is 0.756. The Morgan fingerprint density at radius 1 is 1.39 bits per heavy atom. The minimum Gasteiger partial charge on any atom is -0.481 e. The molecular weight excluding hydrogens is 532 g/mol. The summed E-state index contributed by atoms with van der Waals surface area (Å²) in [6.07, 6.45) is 6.87. The number of carbonyl (C=O) groups excluding carboxylic acids is 1. The zero-order valence-electron chi connectivity index (χ0n) is 17.9. The lowest BCUT2D eigenvalue weighted by atomic mass is 9.86. The second-order valence-corrected chi connectivity index (χ2v) is 10.2. The Hall–Kier alpha value is -1.93. The standard InChI is InChI=1S/C24H23BrCl2FN3O2/c1-33-23-17(13-29-12-14-8-9-21(32)30-14)19(28)11-20(31-23)24(25)10-4-6-16(22(24)27)15-5-2-3-7-18(15)26/h2-7,10-11,14,22,29H,8-9,12-13H2,1H3,(H,30,32)/t14-,22?,24?/m0/s1. The SMILES string of the molecule is COc1nc(C2(Br)C=CC=C(c3ccccc3Cl)C2Cl)cc(F)c1CNC[C@@H]1CCC(=O)N1. The number of amides is 1. The van der Waals surface area contributed by atoms with E-state index in [0.717, 1.165) is 17.6 Å². The van der Waals surface area contributed by atoms with Gasteiger partial charge in [-0.1, -0.05) is 64.0 Å². The smallest absolute Gasteiger partial charge is 0.220 e. The van der Waals surface area contributed by atoms with Gasteiger partial charge in [-0.05, 0) is 29.7 Å². The Kier molecular flexibility index (Phi) is 7.43. The molecule has 9 heteroatoms. The molecule has 1 amide bonds. The van der Waals surface area contributed by atoms with E-state index in [9.17, 15) is 4.79 Å². The van der Waals surface area contributed by atoms with Crippen LogP contribution in [-0.2, 0) is 15.7 Å². The van der Waals surface area contributed by atoms with Gasteiger partial charge in [0.2, 0.25) is 11.8 Å². The fraction of sp³-hybridized carbons (Fsp3) is 0.333. The second-order valence-electron chi connectivity index (χ2n) is 8.00. The molecule has 1 saturated heterocycles. The summed E-state index contributed by atoms with van der Waals surface area (Å²) >= 11 is 17.0. The average molecular weight is 555 g/mol. The maximum atomic E-state index is 15.2. The van der Waals surface area contributed by atoms with Gasteiger partial charge in [0.15, 0.2) is 0 Å². The van der Waals surface area contributed by atoms with Crippen molar-refractivity contribution >= 4 is 50.6 Å². The zero-order valence-corrected chi connectivity index (χ0v) is 21.0. The molecule has 1 aliphatic carbocycles. The quantitative estimate of drug-likeness (QED) is 0.467. The molecule has 2 aliphatic rings. The summed E-state index contributed by atoms with van der Waals surface area (Å²) < 4.78 is 19.7. The Balaban J connectivity index is 1.58. The maximum Gasteiger partial charge on any atom is 0.220 e. The molecule has 3 atom stereocenters. The monoisotopic (exact) mass is 553 g/mol. The molecule has 5 nitrogen and oxygen atoms in total. The molecule has 2 aromatic rings. The number of nitrogens with one attached hydrogen (secondary N) is 2. The number of hydrogen-bond acceptors (Lipinski definition) is 4. The number of pyridine rings is 1. The molecule has 2 N–H and O–H groups in total. The van der Waals surface area contributed by atoms with Crippen molar-refractivity contribution in [3.63, 3.8) is 0 Å². The highest BCUT2D eigenvalue weighted by Crippen LogP contribution is 2.48. The largest absolute Gasteiger partial charge is 0.481 e. The first-order chi connectivity index (χ1) is 15.8. The van der Waals surface area contributed by atoms with Gasteiger partial charge in [0.25, 0.3) is 0 Å². The third kappa shape index (κ3) is 4.97. The molecule has 1 aromatic carbocycles. The lowest BCUT2D eigenvalue weighted by molar-refractivity contribution is -0.119. The minimum atomic E-state index is -0.966. The van der Waals surface area contributed by atoms with E-state index in [0.29, 0.717) is 29.2 Å². The van der Waals surface area contributed by atoms with Gasteiger partial charge in [-0.15, -0.1) is 11.6 Å². The van der Waals surface area contributed by atoms with Gasteiger partial charge in [0, 0.05) is 30.6 Å². The molecule has 0 saturated carbocycles. The summed E-state index contributed by atoms with van der Waals surface area (Å²) in [4.78, 5) is 16.0. The molecule has 2 heterocycles. The van der Waals surface area contributed by atoms with Crippen LogP contribution in [-0.4, -0.2) is 36.0 Å². The van der Waals surface area contributed by atoms with Crippen LogP contribution in [0.5, 0.6) is 5.88 Å². The number of aromatic nitrogens is 1. The van der Waals surface area contributed by atoms with E-state index in [1.807, 2.05) is 36.4 Å². The number of nitrogens with zero attached hydrogens (tertiary/aromatic N) is 1. The van der Waals surface area contributed by atoms with Crippen LogP contribution in [0.1, 0.15) is 29.7 Å². The highest BCUT2D eigenvalue weighted by molar-refractivity contribution is 9.09. The van der Waals surface area contributed by atoms with Crippen molar-refractivity contribution in [2.75, 3.05) is 13.7 Å². The van der Waals surface area contributed by atoms with Gasteiger partial charge in [-0.25, -0.2) is 9.37 Å². The van der Waals surface area contributed by atoms with E-state index in [1.54, 1.807) is 6.07 Å². The fourth-order valence-electron chi connectivity index (χ4n) is 4.07. The zero-order chi connectivity index (χ0) is 23.6. The summed E-state index contributed by atoms with van der Waals surface area (Å²) in [5.41, 5.74) is 2.30. The summed E-state index contributed by atoms with van der Waals surface area (Å²) in [5.74, 6) is -0.233. The van der Waals surface area contributed by atoms with Crippen molar-refractivity contribution < 1.29 is 13.9 Å². The minimum absolute atomic E-state index is 0.0422. The van der Waals surface area contributed by atoms with Crippen LogP contribution < -0.4 is 15.4 Å². The molecule has 2 unspecified atom stereocenters. The van der Waals surface area contributed by atoms with E-state index < -0.39 is 15.5 Å². The highest BCUT2D eigenvalue weighted by atomic mass is 79.9. The molecule has 1 aromatic heterocycles. The third-order valence-corrected chi connectivity index (χ3v) is 8.14. The van der Waals surface area contributed by atoms with E-state index in [4.69, 9.17) is 27.9 Å². The molecule has 0 spiro atoms. The number of carbonyl (C=O) groups is 1. The number of allylic oxidation sites excluding steroid dienone is 4. The maximum absolute atomic E-state index is 15.2. The van der Waals surface area contributed by atoms with Crippen LogP contribution in [0.15, 0.2) is 48.6 Å². The highest BCUT2D eigenvalue weighted by Gasteiger charge is 2.41. The molecular formula is C24H23BrCl2FN3O2. The molecule has 0 radical (unpaired) electrons. The van der Waals surface area contributed by atoms with Crippen LogP contribution in [0.4, 0.5) is 4.39 Å². The van der Waals surface area contributed by atoms with Crippen LogP contribution in [0, 0.1) is 5.82 Å². The number of methoxy groups -OCH3 is 1. The van der Waals surface area contributed by atoms with E-state index in [2.05, 4.69) is 31.5 Å². The van der Waals surface area contributed by atoms with Crippen molar-refractivity contribution in [3.8, 4) is 5.88 Å². The molecule has 0 bridgehead atoms. The normalized spacial score (nSPS) is 24.5. The Morgan fingerprint density at radius 3 is 2.88 bits per heavy atom. The molecule has 33 heavy (non-hydrogen) atoms. The average Bonchev–Trinajstić information content (AvgIpc) is 3.22. The number of benzene rings is 1. The lowest BCUT2D eigenvalue weighted by Crippen LogP contribution is -2.35. The summed E-state index contributed by atoms with van der Waals surface area (Å²) in [6, 6.07) is 8.86. The number of halogens is 4. The van der Waals surface area contributed by atoms with Gasteiger partial charge in [0.1, 0.15) is 10.1 Å². The van der Waals surface area contributed by atoms with Crippen LogP contribution in [0.25, 0.3) is 5.57 Å². The first-order valence-electron chi connectivity index (χ1n) is 10.5. The molecule has 174 valence electrons. The molecule has 1 fully saturated rings. The van der Waals surface area contributed by atoms with E-state index >= 15 is 4.39 Å². The van der Waals surface area contributed by atoms with Gasteiger partial charge in [-0.3, -0.25) is 4.79 Å². The Labute approximate surface area is 210 Å². The lowest BCUT2D eigenvalue weighted by Gasteiger charge is -2.33. The van der Waals surface area contributed by atoms with Crippen LogP contribution >= 0.6 is 39.1 Å². The predicted molar refractivity (Wildman–Crippen MR) is 132 cm³/mol. The third-order valence-electron chi connectivity index (χ3n) is 5.84.